The number of hydrogen-bond acceptors (Lipinski definition) is 7. The van der Waals surface area contributed by atoms with Crippen molar-refractivity contribution in [2.75, 3.05) is 18.6 Å². The van der Waals surface area contributed by atoms with Crippen molar-refractivity contribution in [3.8, 4) is 0 Å². The van der Waals surface area contributed by atoms with E-state index in [1.807, 2.05) is 29.6 Å². The zero-order chi connectivity index (χ0) is 17.9. The van der Waals surface area contributed by atoms with Crippen LogP contribution in [0.3, 0.4) is 0 Å². The summed E-state index contributed by atoms with van der Waals surface area (Å²) in [6.07, 6.45) is 3.60. The Balaban J connectivity index is 1.86. The summed E-state index contributed by atoms with van der Waals surface area (Å²) in [7, 11) is 0. The lowest BCUT2D eigenvalue weighted by atomic mass is 10.1. The van der Waals surface area contributed by atoms with Gasteiger partial charge in [0.25, 0.3) is 0 Å². The van der Waals surface area contributed by atoms with Crippen molar-refractivity contribution < 1.29 is 14.3 Å². The third-order valence-corrected chi connectivity index (χ3v) is 3.81. The van der Waals surface area contributed by atoms with Crippen molar-refractivity contribution in [3.05, 3.63) is 59.1 Å². The largest absolute Gasteiger partial charge is 0.466 e. The Bertz CT molecular complexity index is 728. The molecule has 0 unspecified atom stereocenters. The predicted molar refractivity (Wildman–Crippen MR) is 100.0 cm³/mol. The fraction of sp³-hybridized carbons (Fsp3) is 0.278. The number of aromatic nitrogens is 1. The van der Waals surface area contributed by atoms with Gasteiger partial charge in [-0.05, 0) is 24.1 Å². The molecule has 1 aromatic heterocycles. The van der Waals surface area contributed by atoms with Gasteiger partial charge in [0.2, 0.25) is 5.13 Å². The molecule has 1 aromatic carbocycles. The van der Waals surface area contributed by atoms with Crippen LogP contribution >= 0.6 is 11.3 Å². The molecule has 0 spiro atoms. The van der Waals surface area contributed by atoms with E-state index in [-0.39, 0.29) is 12.4 Å². The molecule has 7 heteroatoms. The maximum absolute atomic E-state index is 11.4. The van der Waals surface area contributed by atoms with Crippen molar-refractivity contribution in [2.45, 2.75) is 20.0 Å². The Kier molecular flexibility index (Phi) is 7.81. The highest BCUT2D eigenvalue weighted by Gasteiger charge is 2.07. The molecule has 0 aliphatic carbocycles. The number of hydrogen-bond donors (Lipinski definition) is 1. The molecule has 0 fully saturated rings. The first kappa shape index (κ1) is 18.8. The van der Waals surface area contributed by atoms with E-state index in [1.165, 1.54) is 11.3 Å². The van der Waals surface area contributed by atoms with E-state index in [9.17, 15) is 4.79 Å². The number of rotatable bonds is 10. The van der Waals surface area contributed by atoms with E-state index in [1.54, 1.807) is 19.2 Å². The average molecular weight is 359 g/mol. The van der Waals surface area contributed by atoms with Crippen LogP contribution in [0, 0.1) is 0 Å². The number of carbonyl (C=O) groups excluding carboxylic acids is 1. The molecule has 1 N–H and O–H groups in total. The maximum Gasteiger partial charge on any atom is 0.311 e. The number of nitrogens with zero attached hydrogens (tertiary/aromatic N) is 2. The third-order valence-electron chi connectivity index (χ3n) is 3.01. The molecule has 0 atom stereocenters. The first-order valence-electron chi connectivity index (χ1n) is 7.88. The molecule has 6 nitrogen and oxygen atoms in total. The molecule has 1 heterocycles. The van der Waals surface area contributed by atoms with Crippen LogP contribution in [0.2, 0.25) is 0 Å². The minimum atomic E-state index is -0.279. The van der Waals surface area contributed by atoms with Gasteiger partial charge in [-0.15, -0.1) is 17.9 Å². The van der Waals surface area contributed by atoms with Crippen LogP contribution in [0.1, 0.15) is 23.7 Å². The van der Waals surface area contributed by atoms with Gasteiger partial charge < -0.3 is 9.47 Å². The SMILES string of the molecule is C=CCOCc1cccc(C=NNc2nc(CC(=O)OCC)cs2)c1. The van der Waals surface area contributed by atoms with Gasteiger partial charge in [0, 0.05) is 5.38 Å². The Labute approximate surface area is 151 Å². The lowest BCUT2D eigenvalue weighted by Gasteiger charge is -2.02. The molecule has 0 aliphatic heterocycles. The Morgan fingerprint density at radius 3 is 3.16 bits per heavy atom. The summed E-state index contributed by atoms with van der Waals surface area (Å²) in [4.78, 5) is 15.7. The van der Waals surface area contributed by atoms with Crippen LogP contribution in [0.5, 0.6) is 0 Å². The third kappa shape index (κ3) is 6.86. The summed E-state index contributed by atoms with van der Waals surface area (Å²) in [5, 5.41) is 6.62. The van der Waals surface area contributed by atoms with E-state index in [2.05, 4.69) is 22.1 Å². The van der Waals surface area contributed by atoms with Gasteiger partial charge in [-0.3, -0.25) is 10.2 Å². The zero-order valence-corrected chi connectivity index (χ0v) is 14.9. The zero-order valence-electron chi connectivity index (χ0n) is 14.1. The molecule has 0 saturated heterocycles. The lowest BCUT2D eigenvalue weighted by Crippen LogP contribution is -2.07. The molecule has 132 valence electrons. The van der Waals surface area contributed by atoms with E-state index in [0.717, 1.165) is 11.1 Å². The fourth-order valence-electron chi connectivity index (χ4n) is 1.98. The van der Waals surface area contributed by atoms with Crippen molar-refractivity contribution in [1.82, 2.24) is 4.98 Å². The van der Waals surface area contributed by atoms with Crippen molar-refractivity contribution in [3.63, 3.8) is 0 Å². The Morgan fingerprint density at radius 1 is 1.48 bits per heavy atom. The topological polar surface area (TPSA) is 72.8 Å². The number of thiazole rings is 1. The first-order valence-corrected chi connectivity index (χ1v) is 8.76. The lowest BCUT2D eigenvalue weighted by molar-refractivity contribution is -0.142. The molecule has 0 aliphatic rings. The van der Waals surface area contributed by atoms with Crippen LogP contribution in [0.25, 0.3) is 0 Å². The van der Waals surface area contributed by atoms with Gasteiger partial charge in [0.1, 0.15) is 0 Å². The average Bonchev–Trinajstić information content (AvgIpc) is 3.03. The number of hydrazone groups is 1. The smallest absolute Gasteiger partial charge is 0.311 e. The van der Waals surface area contributed by atoms with Gasteiger partial charge in [-0.25, -0.2) is 4.98 Å². The molecule has 0 radical (unpaired) electrons. The predicted octanol–water partition coefficient (Wildman–Crippen LogP) is 3.40. The monoisotopic (exact) mass is 359 g/mol. The molecule has 2 aromatic rings. The Hall–Kier alpha value is -2.51. The van der Waals surface area contributed by atoms with Crippen molar-refractivity contribution in [1.29, 1.82) is 0 Å². The number of ether oxygens (including phenoxy) is 2. The second-order valence-corrected chi connectivity index (χ2v) is 5.90. The number of carbonyl (C=O) groups is 1. The summed E-state index contributed by atoms with van der Waals surface area (Å²) in [6, 6.07) is 7.91. The number of esters is 1. The van der Waals surface area contributed by atoms with Crippen LogP contribution in [0.15, 0.2) is 47.4 Å². The van der Waals surface area contributed by atoms with Crippen molar-refractivity contribution in [2.24, 2.45) is 5.10 Å². The highest BCUT2D eigenvalue weighted by atomic mass is 32.1. The van der Waals surface area contributed by atoms with Gasteiger partial charge in [-0.1, -0.05) is 24.3 Å². The molecular formula is C18H21N3O3S. The molecule has 25 heavy (non-hydrogen) atoms. The van der Waals surface area contributed by atoms with E-state index >= 15 is 0 Å². The molecule has 2 rings (SSSR count). The van der Waals surface area contributed by atoms with E-state index in [4.69, 9.17) is 9.47 Å². The quantitative estimate of drug-likeness (QED) is 0.231. The van der Waals surface area contributed by atoms with Crippen LogP contribution in [-0.4, -0.2) is 30.4 Å². The van der Waals surface area contributed by atoms with Gasteiger partial charge >= 0.3 is 5.97 Å². The first-order chi connectivity index (χ1) is 12.2. The number of benzene rings is 1. The minimum absolute atomic E-state index is 0.169. The molecule has 0 amide bonds. The van der Waals surface area contributed by atoms with Gasteiger partial charge in [0.15, 0.2) is 0 Å². The maximum atomic E-state index is 11.4. The highest BCUT2D eigenvalue weighted by Crippen LogP contribution is 2.16. The number of nitrogens with one attached hydrogen (secondary N) is 1. The highest BCUT2D eigenvalue weighted by molar-refractivity contribution is 7.13. The molecule has 0 bridgehead atoms. The second kappa shape index (κ2) is 10.4. The Morgan fingerprint density at radius 2 is 2.36 bits per heavy atom. The van der Waals surface area contributed by atoms with E-state index in [0.29, 0.717) is 30.6 Å². The summed E-state index contributed by atoms with van der Waals surface area (Å²) in [5.41, 5.74) is 5.56. The normalized spacial score (nSPS) is 10.8. The van der Waals surface area contributed by atoms with Crippen LogP contribution < -0.4 is 5.43 Å². The summed E-state index contributed by atoms with van der Waals surface area (Å²) >= 11 is 1.39. The van der Waals surface area contributed by atoms with Crippen molar-refractivity contribution >= 4 is 28.7 Å². The minimum Gasteiger partial charge on any atom is -0.466 e. The standard InChI is InChI=1S/C18H21N3O3S/c1-3-8-23-12-15-7-5-6-14(9-15)11-19-21-18-20-16(13-25-18)10-17(22)24-4-2/h3,5-7,9,11,13H,1,4,8,10,12H2,2H3,(H,20,21). The van der Waals surface area contributed by atoms with Crippen LogP contribution in [0.4, 0.5) is 5.13 Å². The second-order valence-electron chi connectivity index (χ2n) is 5.04. The van der Waals surface area contributed by atoms with Gasteiger partial charge in [0.05, 0.1) is 38.1 Å². The molecule has 0 saturated carbocycles. The molecular weight excluding hydrogens is 338 g/mol. The fourth-order valence-corrected chi connectivity index (χ4v) is 2.64. The van der Waals surface area contributed by atoms with E-state index < -0.39 is 0 Å². The van der Waals surface area contributed by atoms with Crippen LogP contribution in [-0.2, 0) is 27.3 Å². The number of anilines is 1. The summed E-state index contributed by atoms with van der Waals surface area (Å²) in [5.74, 6) is -0.279. The van der Waals surface area contributed by atoms with Gasteiger partial charge in [-0.2, -0.15) is 5.10 Å². The summed E-state index contributed by atoms with van der Waals surface area (Å²) < 4.78 is 10.3. The summed E-state index contributed by atoms with van der Waals surface area (Å²) in [6.45, 7) is 6.83.